The van der Waals surface area contributed by atoms with Crippen LogP contribution >= 0.6 is 22.9 Å². The summed E-state index contributed by atoms with van der Waals surface area (Å²) in [7, 11) is 0. The molecule has 2 N–H and O–H groups in total. The number of benzene rings is 1. The van der Waals surface area contributed by atoms with E-state index in [1.54, 1.807) is 6.07 Å². The van der Waals surface area contributed by atoms with Crippen LogP contribution in [-0.4, -0.2) is 23.2 Å². The molecule has 3 nitrogen and oxygen atoms in total. The predicted molar refractivity (Wildman–Crippen MR) is 82.5 cm³/mol. The Morgan fingerprint density at radius 1 is 1.33 bits per heavy atom. The largest absolute Gasteiger partial charge is 0.393 e. The topological polar surface area (TPSA) is 49.3 Å². The first-order chi connectivity index (χ1) is 10.0. The summed E-state index contributed by atoms with van der Waals surface area (Å²) in [5, 5.41) is 13.5. The van der Waals surface area contributed by atoms with Crippen molar-refractivity contribution in [3.63, 3.8) is 0 Å². The number of carbonyl (C=O) groups excluding carboxylic acids is 1. The summed E-state index contributed by atoms with van der Waals surface area (Å²) < 4.78 is 13.9. The van der Waals surface area contributed by atoms with E-state index in [1.165, 1.54) is 23.5 Å². The molecule has 0 aliphatic heterocycles. The second kappa shape index (κ2) is 5.91. The third-order valence-corrected chi connectivity index (χ3v) is 5.49. The first-order valence-electron chi connectivity index (χ1n) is 6.91. The molecule has 0 bridgehead atoms. The first kappa shape index (κ1) is 14.8. The van der Waals surface area contributed by atoms with E-state index in [1.807, 2.05) is 0 Å². The molecular formula is C15H15ClFNO2S. The van der Waals surface area contributed by atoms with Crippen molar-refractivity contribution in [1.29, 1.82) is 0 Å². The van der Waals surface area contributed by atoms with Gasteiger partial charge in [0, 0.05) is 16.1 Å². The average molecular weight is 328 g/mol. The number of fused-ring (bicyclic) bond motifs is 1. The summed E-state index contributed by atoms with van der Waals surface area (Å²) in [4.78, 5) is 12.7. The fraction of sp³-hybridized carbons (Fsp3) is 0.400. The Morgan fingerprint density at radius 3 is 2.76 bits per heavy atom. The highest BCUT2D eigenvalue weighted by Gasteiger charge is 2.24. The van der Waals surface area contributed by atoms with Crippen LogP contribution in [0.15, 0.2) is 18.2 Å². The molecule has 0 unspecified atom stereocenters. The molecule has 6 heteroatoms. The number of thiophene rings is 1. The Balaban J connectivity index is 1.80. The zero-order valence-corrected chi connectivity index (χ0v) is 12.8. The van der Waals surface area contributed by atoms with Gasteiger partial charge in [0.1, 0.15) is 10.7 Å². The van der Waals surface area contributed by atoms with Gasteiger partial charge >= 0.3 is 0 Å². The van der Waals surface area contributed by atoms with E-state index < -0.39 is 0 Å². The van der Waals surface area contributed by atoms with Crippen molar-refractivity contribution < 1.29 is 14.3 Å². The van der Waals surface area contributed by atoms with Crippen LogP contribution in [0.3, 0.4) is 0 Å². The molecule has 3 rings (SSSR count). The molecular weight excluding hydrogens is 313 g/mol. The Hall–Kier alpha value is -1.17. The highest BCUT2D eigenvalue weighted by molar-refractivity contribution is 7.21. The normalized spacial score (nSPS) is 22.4. The average Bonchev–Trinajstić information content (AvgIpc) is 2.78. The fourth-order valence-corrected chi connectivity index (χ4v) is 4.10. The second-order valence-corrected chi connectivity index (χ2v) is 6.79. The number of amides is 1. The van der Waals surface area contributed by atoms with Gasteiger partial charge in [0.05, 0.1) is 11.1 Å². The van der Waals surface area contributed by atoms with Crippen molar-refractivity contribution >= 4 is 38.9 Å². The van der Waals surface area contributed by atoms with Gasteiger partial charge in [0.25, 0.3) is 5.91 Å². The number of aliphatic hydroxyl groups excluding tert-OH is 1. The number of nitrogens with one attached hydrogen (secondary N) is 1. The molecule has 1 amide bonds. The summed E-state index contributed by atoms with van der Waals surface area (Å²) in [5.74, 6) is -0.559. The fourth-order valence-electron chi connectivity index (χ4n) is 2.66. The van der Waals surface area contributed by atoms with Crippen LogP contribution in [-0.2, 0) is 0 Å². The molecule has 112 valence electrons. The lowest BCUT2D eigenvalue weighted by Gasteiger charge is -2.25. The summed E-state index contributed by atoms with van der Waals surface area (Å²) >= 11 is 7.43. The Labute approximate surface area is 130 Å². The molecule has 2 aromatic rings. The number of rotatable bonds is 2. The number of halogens is 2. The second-order valence-electron chi connectivity index (χ2n) is 5.36. The maximum atomic E-state index is 13.2. The monoisotopic (exact) mass is 327 g/mol. The van der Waals surface area contributed by atoms with Gasteiger partial charge in [-0.15, -0.1) is 11.3 Å². The molecule has 21 heavy (non-hydrogen) atoms. The summed E-state index contributed by atoms with van der Waals surface area (Å²) in [6, 6.07) is 4.39. The maximum Gasteiger partial charge on any atom is 0.263 e. The molecule has 1 fully saturated rings. The molecule has 0 atom stereocenters. The van der Waals surface area contributed by atoms with E-state index in [0.717, 1.165) is 12.8 Å². The molecule has 1 aromatic carbocycles. The van der Waals surface area contributed by atoms with Gasteiger partial charge in [-0.05, 0) is 43.9 Å². The molecule has 0 spiro atoms. The van der Waals surface area contributed by atoms with Crippen molar-refractivity contribution in [2.24, 2.45) is 0 Å². The van der Waals surface area contributed by atoms with Gasteiger partial charge in [-0.2, -0.15) is 0 Å². The molecule has 1 saturated carbocycles. The van der Waals surface area contributed by atoms with Crippen molar-refractivity contribution in [3.05, 3.63) is 33.9 Å². The number of aliphatic hydroxyl groups is 1. The lowest BCUT2D eigenvalue weighted by molar-refractivity contribution is 0.0871. The van der Waals surface area contributed by atoms with E-state index in [-0.39, 0.29) is 23.9 Å². The minimum atomic E-state index is -0.339. The number of carbonyl (C=O) groups is 1. The van der Waals surface area contributed by atoms with Crippen LogP contribution in [0.25, 0.3) is 10.1 Å². The zero-order chi connectivity index (χ0) is 15.0. The molecule has 0 radical (unpaired) electrons. The third kappa shape index (κ3) is 3.05. The number of hydrogen-bond donors (Lipinski definition) is 2. The van der Waals surface area contributed by atoms with E-state index in [4.69, 9.17) is 11.6 Å². The molecule has 1 heterocycles. The smallest absolute Gasteiger partial charge is 0.263 e. The van der Waals surface area contributed by atoms with Crippen LogP contribution in [0.1, 0.15) is 35.4 Å². The SMILES string of the molecule is O=C(NC1CCC(O)CC1)c1sc2cc(F)ccc2c1Cl. The maximum absolute atomic E-state index is 13.2. The Bertz CT molecular complexity index is 680. The van der Waals surface area contributed by atoms with Crippen LogP contribution in [0.4, 0.5) is 4.39 Å². The van der Waals surface area contributed by atoms with E-state index in [0.29, 0.717) is 32.8 Å². The number of hydrogen-bond acceptors (Lipinski definition) is 3. The van der Waals surface area contributed by atoms with Crippen LogP contribution in [0, 0.1) is 5.82 Å². The van der Waals surface area contributed by atoms with Crippen LogP contribution in [0.5, 0.6) is 0 Å². The van der Waals surface area contributed by atoms with Gasteiger partial charge in [-0.3, -0.25) is 4.79 Å². The van der Waals surface area contributed by atoms with Crippen LogP contribution in [0.2, 0.25) is 5.02 Å². The zero-order valence-electron chi connectivity index (χ0n) is 11.2. The molecule has 1 aliphatic rings. The van der Waals surface area contributed by atoms with Crippen molar-refractivity contribution in [2.75, 3.05) is 0 Å². The van der Waals surface area contributed by atoms with E-state index in [2.05, 4.69) is 5.32 Å². The standard InChI is InChI=1S/C15H15ClFNO2S/c16-13-11-6-1-8(17)7-12(11)21-14(13)15(20)18-9-2-4-10(19)5-3-9/h1,6-7,9-10,19H,2-5H2,(H,18,20). The van der Waals surface area contributed by atoms with E-state index >= 15 is 0 Å². The third-order valence-electron chi connectivity index (χ3n) is 3.83. The minimum absolute atomic E-state index is 0.0684. The lowest BCUT2D eigenvalue weighted by Crippen LogP contribution is -2.38. The quantitative estimate of drug-likeness (QED) is 0.883. The Morgan fingerprint density at radius 2 is 2.05 bits per heavy atom. The molecule has 1 aromatic heterocycles. The highest BCUT2D eigenvalue weighted by Crippen LogP contribution is 2.35. The summed E-state index contributed by atoms with van der Waals surface area (Å²) in [6.07, 6.45) is 2.69. The lowest BCUT2D eigenvalue weighted by atomic mass is 9.93. The summed E-state index contributed by atoms with van der Waals surface area (Å²) in [6.45, 7) is 0. The van der Waals surface area contributed by atoms with Crippen molar-refractivity contribution in [2.45, 2.75) is 37.8 Å². The van der Waals surface area contributed by atoms with Crippen LogP contribution < -0.4 is 5.32 Å². The van der Waals surface area contributed by atoms with Gasteiger partial charge in [0.15, 0.2) is 0 Å². The van der Waals surface area contributed by atoms with Crippen molar-refractivity contribution in [1.82, 2.24) is 5.32 Å². The van der Waals surface area contributed by atoms with Gasteiger partial charge in [-0.1, -0.05) is 11.6 Å². The predicted octanol–water partition coefficient (Wildman–Crippen LogP) is 3.73. The van der Waals surface area contributed by atoms with Crippen molar-refractivity contribution in [3.8, 4) is 0 Å². The van der Waals surface area contributed by atoms with E-state index in [9.17, 15) is 14.3 Å². The molecule has 0 saturated heterocycles. The first-order valence-corrected chi connectivity index (χ1v) is 8.10. The minimum Gasteiger partial charge on any atom is -0.393 e. The highest BCUT2D eigenvalue weighted by atomic mass is 35.5. The summed E-state index contributed by atoms with van der Waals surface area (Å²) in [5.41, 5.74) is 0. The molecule has 1 aliphatic carbocycles. The van der Waals surface area contributed by atoms with Gasteiger partial charge < -0.3 is 10.4 Å². The van der Waals surface area contributed by atoms with Gasteiger partial charge in [-0.25, -0.2) is 4.39 Å². The Kier molecular flexibility index (Phi) is 4.15. The van der Waals surface area contributed by atoms with Gasteiger partial charge in [0.2, 0.25) is 0 Å².